The number of aryl methyl sites for hydroxylation is 2. The monoisotopic (exact) mass is 292 g/mol. The van der Waals surface area contributed by atoms with Crippen molar-refractivity contribution in [2.24, 2.45) is 0 Å². The summed E-state index contributed by atoms with van der Waals surface area (Å²) in [6.45, 7) is 10.3. The average molecular weight is 292 g/mol. The topological polar surface area (TPSA) is 76.4 Å². The fourth-order valence-electron chi connectivity index (χ4n) is 2.19. The minimum absolute atomic E-state index is 0.0230. The van der Waals surface area contributed by atoms with Crippen molar-refractivity contribution in [3.8, 4) is 0 Å². The van der Waals surface area contributed by atoms with Crippen LogP contribution < -0.4 is 5.73 Å². The summed E-state index contributed by atoms with van der Waals surface area (Å²) in [6, 6.07) is 2.06. The number of aromatic nitrogens is 3. The van der Waals surface area contributed by atoms with Crippen molar-refractivity contribution >= 4 is 19.7 Å². The summed E-state index contributed by atoms with van der Waals surface area (Å²) in [6.07, 6.45) is 3.35. The van der Waals surface area contributed by atoms with Crippen molar-refractivity contribution in [1.82, 2.24) is 14.6 Å². The molecular formula is C14H24N4OSi. The largest absolute Gasteiger partial charge is 0.432 e. The van der Waals surface area contributed by atoms with Crippen molar-refractivity contribution in [3.05, 3.63) is 23.7 Å². The Kier molecular flexibility index (Phi) is 3.64. The second-order valence-corrected chi connectivity index (χ2v) is 11.1. The Morgan fingerprint density at radius 2 is 2.05 bits per heavy atom. The SMILES string of the molecule is Cc1c(CCC(C)(C)[Si](C)(C)O)cc2c(N)ncnn12. The van der Waals surface area contributed by atoms with Gasteiger partial charge in [0.05, 0.1) is 0 Å². The quantitative estimate of drug-likeness (QED) is 0.849. The lowest BCUT2D eigenvalue weighted by molar-refractivity contribution is 0.451. The van der Waals surface area contributed by atoms with Crippen LogP contribution in [0.2, 0.25) is 18.1 Å². The highest BCUT2D eigenvalue weighted by Gasteiger charge is 2.37. The summed E-state index contributed by atoms with van der Waals surface area (Å²) in [5.74, 6) is 0.505. The van der Waals surface area contributed by atoms with E-state index < -0.39 is 8.32 Å². The van der Waals surface area contributed by atoms with Crippen LogP contribution in [0.25, 0.3) is 5.52 Å². The molecule has 0 fully saturated rings. The average Bonchev–Trinajstić information content (AvgIpc) is 2.65. The molecule has 20 heavy (non-hydrogen) atoms. The van der Waals surface area contributed by atoms with E-state index in [1.165, 1.54) is 11.9 Å². The Morgan fingerprint density at radius 1 is 1.40 bits per heavy atom. The number of fused-ring (bicyclic) bond motifs is 1. The fraction of sp³-hybridized carbons (Fsp3) is 0.571. The van der Waals surface area contributed by atoms with E-state index in [1.807, 2.05) is 24.5 Å². The first-order chi connectivity index (χ1) is 9.13. The van der Waals surface area contributed by atoms with Gasteiger partial charge in [-0.3, -0.25) is 0 Å². The first-order valence-electron chi connectivity index (χ1n) is 6.93. The van der Waals surface area contributed by atoms with E-state index in [2.05, 4.69) is 30.0 Å². The summed E-state index contributed by atoms with van der Waals surface area (Å²) in [4.78, 5) is 14.4. The lowest BCUT2D eigenvalue weighted by atomic mass is 10.0. The molecule has 0 spiro atoms. The molecule has 110 valence electrons. The van der Waals surface area contributed by atoms with E-state index in [0.29, 0.717) is 5.82 Å². The molecule has 0 amide bonds. The number of nitrogens with zero attached hydrogens (tertiary/aromatic N) is 3. The summed E-state index contributed by atoms with van der Waals surface area (Å²) < 4.78 is 1.84. The van der Waals surface area contributed by atoms with Crippen LogP contribution in [0.5, 0.6) is 0 Å². The molecule has 0 bridgehead atoms. The minimum Gasteiger partial charge on any atom is -0.432 e. The van der Waals surface area contributed by atoms with Crippen LogP contribution in [-0.2, 0) is 6.42 Å². The van der Waals surface area contributed by atoms with Crippen molar-refractivity contribution in [2.45, 2.75) is 51.7 Å². The number of nitrogen functional groups attached to an aromatic ring is 1. The maximum atomic E-state index is 10.4. The zero-order chi connectivity index (χ0) is 15.1. The lowest BCUT2D eigenvalue weighted by Crippen LogP contribution is -2.39. The lowest BCUT2D eigenvalue weighted by Gasteiger charge is -2.35. The van der Waals surface area contributed by atoms with Gasteiger partial charge in [-0.2, -0.15) is 5.10 Å². The van der Waals surface area contributed by atoms with Crippen LogP contribution in [0, 0.1) is 6.92 Å². The number of rotatable bonds is 4. The van der Waals surface area contributed by atoms with Crippen LogP contribution in [0.15, 0.2) is 12.4 Å². The fourth-order valence-corrected chi connectivity index (χ4v) is 2.93. The van der Waals surface area contributed by atoms with Crippen LogP contribution >= 0.6 is 0 Å². The van der Waals surface area contributed by atoms with E-state index in [-0.39, 0.29) is 5.04 Å². The summed E-state index contributed by atoms with van der Waals surface area (Å²) >= 11 is 0. The molecule has 5 nitrogen and oxygen atoms in total. The molecular weight excluding hydrogens is 268 g/mol. The molecule has 2 aromatic heterocycles. The molecule has 0 aliphatic heterocycles. The standard InChI is InChI=1S/C14H24N4OSi/c1-10-11(6-7-14(2,3)20(4,5)19)8-12-13(15)16-9-17-18(10)12/h8-9,19H,6-7H2,1-5H3,(H2,15,16,17). The molecule has 0 saturated carbocycles. The number of nitrogens with two attached hydrogens (primary N) is 1. The Hall–Kier alpha value is -1.40. The zero-order valence-electron chi connectivity index (χ0n) is 12.9. The van der Waals surface area contributed by atoms with E-state index in [4.69, 9.17) is 5.73 Å². The highest BCUT2D eigenvalue weighted by atomic mass is 28.4. The van der Waals surface area contributed by atoms with Crippen LogP contribution in [0.3, 0.4) is 0 Å². The predicted molar refractivity (Wildman–Crippen MR) is 84.2 cm³/mol. The number of hydrogen-bond acceptors (Lipinski definition) is 4. The van der Waals surface area contributed by atoms with E-state index in [1.54, 1.807) is 0 Å². The second-order valence-electron chi connectivity index (χ2n) is 6.64. The Labute approximate surface area is 121 Å². The van der Waals surface area contributed by atoms with Crippen molar-refractivity contribution < 1.29 is 4.80 Å². The zero-order valence-corrected chi connectivity index (χ0v) is 13.9. The Bertz CT molecular complexity index is 628. The molecule has 0 saturated heterocycles. The molecule has 0 aliphatic rings. The molecule has 0 aromatic carbocycles. The van der Waals surface area contributed by atoms with Gasteiger partial charge in [-0.05, 0) is 49.5 Å². The van der Waals surface area contributed by atoms with Crippen molar-refractivity contribution in [3.63, 3.8) is 0 Å². The summed E-state index contributed by atoms with van der Waals surface area (Å²) in [5, 5.41) is 4.22. The third-order valence-corrected chi connectivity index (χ3v) is 8.19. The van der Waals surface area contributed by atoms with Gasteiger partial charge in [0.1, 0.15) is 11.8 Å². The summed E-state index contributed by atoms with van der Waals surface area (Å²) in [5.41, 5.74) is 9.07. The third-order valence-electron chi connectivity index (χ3n) is 4.62. The maximum Gasteiger partial charge on any atom is 0.188 e. The van der Waals surface area contributed by atoms with Crippen molar-refractivity contribution in [2.75, 3.05) is 5.73 Å². The third kappa shape index (κ3) is 2.58. The molecule has 2 rings (SSSR count). The minimum atomic E-state index is -2.17. The van der Waals surface area contributed by atoms with E-state index >= 15 is 0 Å². The van der Waals surface area contributed by atoms with Crippen LogP contribution in [-0.4, -0.2) is 27.7 Å². The Morgan fingerprint density at radius 3 is 2.60 bits per heavy atom. The predicted octanol–water partition coefficient (Wildman–Crippen LogP) is 2.53. The normalized spacial score (nSPS) is 13.1. The molecule has 0 aliphatic carbocycles. The molecule has 0 atom stereocenters. The first kappa shape index (κ1) is 15.0. The van der Waals surface area contributed by atoms with Gasteiger partial charge >= 0.3 is 0 Å². The van der Waals surface area contributed by atoms with Gasteiger partial charge < -0.3 is 10.5 Å². The smallest absolute Gasteiger partial charge is 0.188 e. The van der Waals surface area contributed by atoms with E-state index in [0.717, 1.165) is 24.1 Å². The van der Waals surface area contributed by atoms with Gasteiger partial charge in [0, 0.05) is 5.69 Å². The van der Waals surface area contributed by atoms with Crippen molar-refractivity contribution in [1.29, 1.82) is 0 Å². The molecule has 0 unspecified atom stereocenters. The van der Waals surface area contributed by atoms with Gasteiger partial charge in [0.25, 0.3) is 0 Å². The summed E-state index contributed by atoms with van der Waals surface area (Å²) in [7, 11) is -2.17. The van der Waals surface area contributed by atoms with Gasteiger partial charge in [-0.15, -0.1) is 0 Å². The molecule has 2 aromatic rings. The number of hydrogen-bond donors (Lipinski definition) is 2. The van der Waals surface area contributed by atoms with Gasteiger partial charge in [-0.25, -0.2) is 9.50 Å². The first-order valence-corrected chi connectivity index (χ1v) is 9.88. The van der Waals surface area contributed by atoms with E-state index in [9.17, 15) is 4.80 Å². The van der Waals surface area contributed by atoms with Crippen LogP contribution in [0.1, 0.15) is 31.5 Å². The van der Waals surface area contributed by atoms with Crippen LogP contribution in [0.4, 0.5) is 5.82 Å². The van der Waals surface area contributed by atoms with Gasteiger partial charge in [-0.1, -0.05) is 13.8 Å². The Balaban J connectivity index is 2.28. The van der Waals surface area contributed by atoms with Gasteiger partial charge in [0.15, 0.2) is 14.1 Å². The molecule has 0 radical (unpaired) electrons. The number of anilines is 1. The molecule has 6 heteroatoms. The highest BCUT2D eigenvalue weighted by molar-refractivity contribution is 6.72. The maximum absolute atomic E-state index is 10.4. The second kappa shape index (κ2) is 4.86. The highest BCUT2D eigenvalue weighted by Crippen LogP contribution is 2.40. The molecule has 2 heterocycles. The molecule has 3 N–H and O–H groups in total. The van der Waals surface area contributed by atoms with Gasteiger partial charge in [0.2, 0.25) is 0 Å².